The van der Waals surface area contributed by atoms with Gasteiger partial charge in [-0.25, -0.2) is 14.8 Å². The zero-order chi connectivity index (χ0) is 18.7. The molecule has 1 aromatic carbocycles. The molecule has 0 saturated heterocycles. The minimum Gasteiger partial charge on any atom is -0.465 e. The molecule has 0 amide bonds. The van der Waals surface area contributed by atoms with Crippen molar-refractivity contribution >= 4 is 17.6 Å². The Bertz CT molecular complexity index is 804. The lowest BCUT2D eigenvalue weighted by molar-refractivity contribution is 0.0600. The second-order valence-corrected chi connectivity index (χ2v) is 6.80. The van der Waals surface area contributed by atoms with Gasteiger partial charge in [0.1, 0.15) is 17.5 Å². The molecule has 0 aliphatic carbocycles. The lowest BCUT2D eigenvalue weighted by Crippen LogP contribution is -2.31. The molecule has 138 valence electrons. The Kier molecular flexibility index (Phi) is 5.40. The van der Waals surface area contributed by atoms with Crippen LogP contribution in [0, 0.1) is 0 Å². The molecular weight excluding hydrogens is 328 g/mol. The van der Waals surface area contributed by atoms with E-state index in [1.807, 2.05) is 24.3 Å². The van der Waals surface area contributed by atoms with Crippen LogP contribution in [-0.4, -0.2) is 36.1 Å². The second kappa shape index (κ2) is 7.72. The van der Waals surface area contributed by atoms with Crippen molar-refractivity contribution in [2.24, 2.45) is 0 Å². The largest absolute Gasteiger partial charge is 0.465 e. The molecule has 3 rings (SSSR count). The summed E-state index contributed by atoms with van der Waals surface area (Å²) < 4.78 is 4.82. The zero-order valence-electron chi connectivity index (χ0n) is 15.9. The molecule has 2 aromatic rings. The van der Waals surface area contributed by atoms with E-state index in [1.165, 1.54) is 18.2 Å². The van der Waals surface area contributed by atoms with Gasteiger partial charge in [0.25, 0.3) is 0 Å². The molecule has 0 saturated carbocycles. The van der Waals surface area contributed by atoms with Crippen molar-refractivity contribution in [1.29, 1.82) is 0 Å². The van der Waals surface area contributed by atoms with Gasteiger partial charge in [0, 0.05) is 31.6 Å². The van der Waals surface area contributed by atoms with Crippen molar-refractivity contribution in [3.63, 3.8) is 0 Å². The molecule has 1 N–H and O–H groups in total. The number of carbonyl (C=O) groups excluding carboxylic acids is 1. The minimum atomic E-state index is -0.289. The van der Waals surface area contributed by atoms with Crippen molar-refractivity contribution in [1.82, 2.24) is 9.97 Å². The normalized spacial score (nSPS) is 13.5. The van der Waals surface area contributed by atoms with Gasteiger partial charge in [-0.05, 0) is 36.6 Å². The van der Waals surface area contributed by atoms with E-state index in [-0.39, 0.29) is 11.9 Å². The van der Waals surface area contributed by atoms with Gasteiger partial charge in [-0.2, -0.15) is 0 Å². The summed E-state index contributed by atoms with van der Waals surface area (Å²) in [6, 6.07) is 7.81. The minimum absolute atomic E-state index is 0.270. The summed E-state index contributed by atoms with van der Waals surface area (Å²) in [5, 5.41) is 3.30. The zero-order valence-corrected chi connectivity index (χ0v) is 15.9. The summed E-state index contributed by atoms with van der Waals surface area (Å²) in [7, 11) is 1.41. The maximum atomic E-state index is 11.7. The summed E-state index contributed by atoms with van der Waals surface area (Å²) in [6.45, 7) is 8.73. The highest BCUT2D eigenvalue weighted by Gasteiger charge is 2.21. The number of rotatable bonds is 5. The van der Waals surface area contributed by atoms with Crippen LogP contribution in [0.4, 0.5) is 11.6 Å². The van der Waals surface area contributed by atoms with Crippen LogP contribution >= 0.6 is 0 Å². The van der Waals surface area contributed by atoms with Gasteiger partial charge >= 0.3 is 5.97 Å². The van der Waals surface area contributed by atoms with Crippen molar-refractivity contribution in [3.05, 3.63) is 46.8 Å². The smallest absolute Gasteiger partial charge is 0.337 e. The highest BCUT2D eigenvalue weighted by molar-refractivity contribution is 5.89. The third-order valence-electron chi connectivity index (χ3n) is 4.57. The summed E-state index contributed by atoms with van der Waals surface area (Å²) in [6.07, 6.45) is 0.873. The van der Waals surface area contributed by atoms with E-state index >= 15 is 0 Å². The number of esters is 1. The quantitative estimate of drug-likeness (QED) is 0.830. The third-order valence-corrected chi connectivity index (χ3v) is 4.57. The van der Waals surface area contributed by atoms with Gasteiger partial charge < -0.3 is 15.0 Å². The van der Waals surface area contributed by atoms with Crippen LogP contribution in [-0.2, 0) is 17.7 Å². The Morgan fingerprint density at radius 3 is 2.77 bits per heavy atom. The molecule has 2 heterocycles. The number of hydrogen-bond donors (Lipinski definition) is 1. The fourth-order valence-electron chi connectivity index (χ4n) is 3.14. The molecule has 0 radical (unpaired) electrons. The number of benzene rings is 1. The van der Waals surface area contributed by atoms with Crippen molar-refractivity contribution in [2.45, 2.75) is 39.7 Å². The number of nitrogens with zero attached hydrogens (tertiary/aromatic N) is 3. The first-order valence-corrected chi connectivity index (χ1v) is 9.09. The molecule has 0 atom stereocenters. The third kappa shape index (κ3) is 3.79. The Morgan fingerprint density at radius 1 is 1.27 bits per heavy atom. The molecular formula is C20H26N4O2. The fraction of sp³-hybridized carbons (Fsp3) is 0.450. The van der Waals surface area contributed by atoms with Crippen LogP contribution in [0.3, 0.4) is 0 Å². The van der Waals surface area contributed by atoms with E-state index in [4.69, 9.17) is 9.72 Å². The lowest BCUT2D eigenvalue weighted by Gasteiger charge is -2.30. The Hall–Kier alpha value is -2.63. The number of anilines is 2. The predicted octanol–water partition coefficient (Wildman–Crippen LogP) is 3.38. The topological polar surface area (TPSA) is 67.4 Å². The van der Waals surface area contributed by atoms with E-state index in [0.717, 1.165) is 43.5 Å². The van der Waals surface area contributed by atoms with Crippen LogP contribution < -0.4 is 10.2 Å². The molecule has 6 heteroatoms. The molecule has 0 bridgehead atoms. The monoisotopic (exact) mass is 354 g/mol. The molecule has 0 unspecified atom stereocenters. The van der Waals surface area contributed by atoms with Gasteiger partial charge in [0.2, 0.25) is 0 Å². The van der Waals surface area contributed by atoms with Crippen LogP contribution in [0.25, 0.3) is 0 Å². The fourth-order valence-corrected chi connectivity index (χ4v) is 3.14. The number of fused-ring (bicyclic) bond motifs is 1. The van der Waals surface area contributed by atoms with Crippen molar-refractivity contribution < 1.29 is 9.53 Å². The highest BCUT2D eigenvalue weighted by atomic mass is 16.5. The molecule has 1 aliphatic rings. The first kappa shape index (κ1) is 18.2. The molecule has 26 heavy (non-hydrogen) atoms. The first-order valence-electron chi connectivity index (χ1n) is 9.09. The van der Waals surface area contributed by atoms with Gasteiger partial charge in [-0.15, -0.1) is 0 Å². The van der Waals surface area contributed by atoms with Crippen molar-refractivity contribution in [3.8, 4) is 0 Å². The van der Waals surface area contributed by atoms with E-state index in [1.54, 1.807) is 0 Å². The summed E-state index contributed by atoms with van der Waals surface area (Å²) in [5.74, 6) is 2.65. The summed E-state index contributed by atoms with van der Waals surface area (Å²) in [4.78, 5) is 23.4. The summed E-state index contributed by atoms with van der Waals surface area (Å²) >= 11 is 0. The number of nitrogens with one attached hydrogen (secondary N) is 1. The van der Waals surface area contributed by atoms with Gasteiger partial charge in [0.15, 0.2) is 0 Å². The van der Waals surface area contributed by atoms with Gasteiger partial charge in [0.05, 0.1) is 12.7 Å². The van der Waals surface area contributed by atoms with E-state index in [9.17, 15) is 4.79 Å². The van der Waals surface area contributed by atoms with E-state index in [0.29, 0.717) is 5.56 Å². The number of hydrogen-bond acceptors (Lipinski definition) is 6. The molecule has 6 nitrogen and oxygen atoms in total. The predicted molar refractivity (Wildman–Crippen MR) is 103 cm³/mol. The first-order chi connectivity index (χ1) is 12.5. The Balaban J connectivity index is 1.87. The average molecular weight is 354 g/mol. The van der Waals surface area contributed by atoms with Crippen LogP contribution in [0.5, 0.6) is 0 Å². The number of ether oxygens (including phenoxy) is 1. The molecule has 0 spiro atoms. The number of aromatic nitrogens is 2. The Morgan fingerprint density at radius 2 is 2.08 bits per heavy atom. The molecule has 1 aromatic heterocycles. The van der Waals surface area contributed by atoms with Crippen LogP contribution in [0.15, 0.2) is 24.3 Å². The van der Waals surface area contributed by atoms with E-state index in [2.05, 4.69) is 36.0 Å². The lowest BCUT2D eigenvalue weighted by atomic mass is 9.97. The summed E-state index contributed by atoms with van der Waals surface area (Å²) in [5.41, 5.74) is 3.03. The maximum Gasteiger partial charge on any atom is 0.337 e. The SMILES string of the molecule is CCNc1cc(N2CCc3cc(C(=O)OC)ccc3C2)nc(C(C)C)n1. The Labute approximate surface area is 154 Å². The van der Waals surface area contributed by atoms with E-state index < -0.39 is 0 Å². The highest BCUT2D eigenvalue weighted by Crippen LogP contribution is 2.27. The standard InChI is InChI=1S/C20H26N4O2/c1-5-21-17-11-18(23-19(22-17)13(2)3)24-9-8-14-10-15(20(25)26-4)6-7-16(14)12-24/h6-7,10-11,13H,5,8-9,12H2,1-4H3,(H,21,22,23). The molecule has 1 aliphatic heterocycles. The maximum absolute atomic E-state index is 11.7. The van der Waals surface area contributed by atoms with Crippen LogP contribution in [0.1, 0.15) is 54.0 Å². The molecule has 0 fully saturated rings. The number of methoxy groups -OCH3 is 1. The van der Waals surface area contributed by atoms with Gasteiger partial charge in [-0.1, -0.05) is 19.9 Å². The second-order valence-electron chi connectivity index (χ2n) is 6.80. The number of carbonyl (C=O) groups is 1. The average Bonchev–Trinajstić information content (AvgIpc) is 2.66. The van der Waals surface area contributed by atoms with Crippen molar-refractivity contribution in [2.75, 3.05) is 30.4 Å². The van der Waals surface area contributed by atoms with Crippen LogP contribution in [0.2, 0.25) is 0 Å². The van der Waals surface area contributed by atoms with Gasteiger partial charge in [-0.3, -0.25) is 0 Å².